The third-order valence-corrected chi connectivity index (χ3v) is 3.88. The maximum Gasteiger partial charge on any atom is 0.410 e. The highest BCUT2D eigenvalue weighted by Gasteiger charge is 2.28. The number of carbonyl (C=O) groups is 1. The molecule has 2 heterocycles. The highest BCUT2D eigenvalue weighted by molar-refractivity contribution is 9.10. The molecule has 6 heteroatoms. The second kappa shape index (κ2) is 5.15. The molecule has 2 rings (SSSR count). The zero-order valence-electron chi connectivity index (χ0n) is 11.9. The largest absolute Gasteiger partial charge is 0.444 e. The van der Waals surface area contributed by atoms with Crippen molar-refractivity contribution in [2.24, 2.45) is 0 Å². The summed E-state index contributed by atoms with van der Waals surface area (Å²) in [6.45, 7) is 9.61. The van der Waals surface area contributed by atoms with Gasteiger partial charge in [-0.05, 0) is 43.1 Å². The number of carbonyl (C=O) groups excluding carboxylic acids is 1. The van der Waals surface area contributed by atoms with E-state index in [4.69, 9.17) is 4.74 Å². The summed E-state index contributed by atoms with van der Waals surface area (Å²) in [5.74, 6) is 0. The van der Waals surface area contributed by atoms with Crippen molar-refractivity contribution in [3.8, 4) is 0 Å². The topological polar surface area (TPSA) is 47.4 Å². The van der Waals surface area contributed by atoms with E-state index in [1.165, 1.54) is 0 Å². The predicted octanol–water partition coefficient (Wildman–Crippen LogP) is 2.96. The second-order valence-electron chi connectivity index (χ2n) is 5.69. The molecule has 1 aliphatic rings. The smallest absolute Gasteiger partial charge is 0.410 e. The summed E-state index contributed by atoms with van der Waals surface area (Å²) in [5, 5.41) is 4.53. The molecule has 0 aromatic carbocycles. The molecule has 0 saturated heterocycles. The summed E-state index contributed by atoms with van der Waals surface area (Å²) < 4.78 is 8.40. The van der Waals surface area contributed by atoms with E-state index in [0.717, 1.165) is 22.3 Å². The van der Waals surface area contributed by atoms with Crippen LogP contribution in [-0.2, 0) is 24.2 Å². The molecular formula is C13H20BrN3O2. The van der Waals surface area contributed by atoms with Crippen LogP contribution < -0.4 is 0 Å². The molecule has 0 fully saturated rings. The molecule has 0 N–H and O–H groups in total. The van der Waals surface area contributed by atoms with E-state index >= 15 is 0 Å². The SMILES string of the molecule is CCc1nn2c(c1Br)CN(C(=O)OC(C)(C)C)CC2. The van der Waals surface area contributed by atoms with Crippen LogP contribution >= 0.6 is 15.9 Å². The first-order chi connectivity index (χ1) is 8.81. The zero-order valence-corrected chi connectivity index (χ0v) is 13.5. The molecule has 0 saturated carbocycles. The number of ether oxygens (including phenoxy) is 1. The molecule has 1 aliphatic heterocycles. The van der Waals surface area contributed by atoms with Gasteiger partial charge in [-0.1, -0.05) is 6.92 Å². The fourth-order valence-electron chi connectivity index (χ4n) is 2.05. The normalized spacial score (nSPS) is 15.3. The number of rotatable bonds is 1. The average Bonchev–Trinajstić information content (AvgIpc) is 2.63. The minimum absolute atomic E-state index is 0.259. The molecule has 1 amide bonds. The van der Waals surface area contributed by atoms with Crippen molar-refractivity contribution in [3.63, 3.8) is 0 Å². The van der Waals surface area contributed by atoms with E-state index in [9.17, 15) is 4.79 Å². The van der Waals surface area contributed by atoms with E-state index in [1.807, 2.05) is 25.5 Å². The molecule has 5 nitrogen and oxygen atoms in total. The predicted molar refractivity (Wildman–Crippen MR) is 75.9 cm³/mol. The van der Waals surface area contributed by atoms with Gasteiger partial charge >= 0.3 is 6.09 Å². The van der Waals surface area contributed by atoms with Crippen LogP contribution in [0.5, 0.6) is 0 Å². The van der Waals surface area contributed by atoms with Crippen LogP contribution in [0.3, 0.4) is 0 Å². The van der Waals surface area contributed by atoms with Crippen LogP contribution in [0, 0.1) is 0 Å². The molecule has 1 aromatic heterocycles. The molecule has 0 spiro atoms. The third kappa shape index (κ3) is 3.11. The lowest BCUT2D eigenvalue weighted by molar-refractivity contribution is 0.0194. The van der Waals surface area contributed by atoms with Crippen LogP contribution in [0.4, 0.5) is 4.79 Å². The van der Waals surface area contributed by atoms with Gasteiger partial charge in [0, 0.05) is 6.54 Å². The Morgan fingerprint density at radius 3 is 2.68 bits per heavy atom. The van der Waals surface area contributed by atoms with Crippen LogP contribution in [0.1, 0.15) is 39.1 Å². The number of fused-ring (bicyclic) bond motifs is 1. The molecular weight excluding hydrogens is 310 g/mol. The van der Waals surface area contributed by atoms with Crippen molar-refractivity contribution in [3.05, 3.63) is 15.9 Å². The molecule has 106 valence electrons. The summed E-state index contributed by atoms with van der Waals surface area (Å²) in [4.78, 5) is 13.8. The molecule has 0 unspecified atom stereocenters. The van der Waals surface area contributed by atoms with Gasteiger partial charge in [0.25, 0.3) is 0 Å². The Balaban J connectivity index is 2.13. The summed E-state index contributed by atoms with van der Waals surface area (Å²) in [6, 6.07) is 0. The van der Waals surface area contributed by atoms with Crippen molar-refractivity contribution < 1.29 is 9.53 Å². The van der Waals surface area contributed by atoms with Gasteiger partial charge in [-0.2, -0.15) is 5.10 Å². The Labute approximate surface area is 122 Å². The number of hydrogen-bond acceptors (Lipinski definition) is 3. The van der Waals surface area contributed by atoms with Crippen molar-refractivity contribution in [2.75, 3.05) is 6.54 Å². The summed E-state index contributed by atoms with van der Waals surface area (Å²) in [6.07, 6.45) is 0.623. The lowest BCUT2D eigenvalue weighted by Gasteiger charge is -2.30. The first kappa shape index (κ1) is 14.4. The second-order valence-corrected chi connectivity index (χ2v) is 6.48. The minimum atomic E-state index is -0.458. The monoisotopic (exact) mass is 329 g/mol. The van der Waals surface area contributed by atoms with E-state index in [1.54, 1.807) is 4.90 Å². The number of halogens is 1. The Morgan fingerprint density at radius 1 is 1.42 bits per heavy atom. The molecule has 1 aromatic rings. The first-order valence-electron chi connectivity index (χ1n) is 6.54. The summed E-state index contributed by atoms with van der Waals surface area (Å²) >= 11 is 3.57. The van der Waals surface area contributed by atoms with Crippen molar-refractivity contribution in [1.82, 2.24) is 14.7 Å². The van der Waals surface area contributed by atoms with Gasteiger partial charge in [-0.3, -0.25) is 4.68 Å². The molecule has 0 bridgehead atoms. The standard InChI is InChI=1S/C13H20BrN3O2/c1-5-9-11(14)10-8-16(6-7-17(10)15-9)12(18)19-13(2,3)4/h5-8H2,1-4H3. The Hall–Kier alpha value is -1.04. The number of aromatic nitrogens is 2. The lowest BCUT2D eigenvalue weighted by Crippen LogP contribution is -2.41. The van der Waals surface area contributed by atoms with Crippen LogP contribution in [0.25, 0.3) is 0 Å². The van der Waals surface area contributed by atoms with E-state index in [-0.39, 0.29) is 6.09 Å². The number of nitrogens with zero attached hydrogens (tertiary/aromatic N) is 3. The van der Waals surface area contributed by atoms with Gasteiger partial charge in [0.2, 0.25) is 0 Å². The highest BCUT2D eigenvalue weighted by Crippen LogP contribution is 2.26. The highest BCUT2D eigenvalue weighted by atomic mass is 79.9. The molecule has 0 aliphatic carbocycles. The van der Waals surface area contributed by atoms with E-state index < -0.39 is 5.60 Å². The molecule has 0 radical (unpaired) electrons. The van der Waals surface area contributed by atoms with Crippen molar-refractivity contribution in [1.29, 1.82) is 0 Å². The fraction of sp³-hybridized carbons (Fsp3) is 0.692. The van der Waals surface area contributed by atoms with Crippen molar-refractivity contribution in [2.45, 2.75) is 52.8 Å². The Morgan fingerprint density at radius 2 is 2.11 bits per heavy atom. The Bertz CT molecular complexity index is 491. The minimum Gasteiger partial charge on any atom is -0.444 e. The van der Waals surface area contributed by atoms with Gasteiger partial charge in [-0.15, -0.1) is 0 Å². The van der Waals surface area contributed by atoms with Gasteiger partial charge in [0.1, 0.15) is 5.60 Å². The van der Waals surface area contributed by atoms with E-state index in [0.29, 0.717) is 19.6 Å². The molecule has 0 atom stereocenters. The number of hydrogen-bond donors (Lipinski definition) is 0. The molecule has 19 heavy (non-hydrogen) atoms. The fourth-order valence-corrected chi connectivity index (χ4v) is 2.74. The maximum absolute atomic E-state index is 12.1. The third-order valence-electron chi connectivity index (χ3n) is 2.97. The first-order valence-corrected chi connectivity index (χ1v) is 7.33. The van der Waals surface area contributed by atoms with Gasteiger partial charge in [-0.25, -0.2) is 4.79 Å². The van der Waals surface area contributed by atoms with Crippen molar-refractivity contribution >= 4 is 22.0 Å². The zero-order chi connectivity index (χ0) is 14.2. The van der Waals surface area contributed by atoms with Gasteiger partial charge < -0.3 is 9.64 Å². The summed E-state index contributed by atoms with van der Waals surface area (Å²) in [5.41, 5.74) is 1.63. The number of aryl methyl sites for hydroxylation is 1. The average molecular weight is 330 g/mol. The lowest BCUT2D eigenvalue weighted by atomic mass is 10.2. The number of amides is 1. The summed E-state index contributed by atoms with van der Waals surface area (Å²) in [7, 11) is 0. The quantitative estimate of drug-likeness (QED) is 0.795. The Kier molecular flexibility index (Phi) is 3.90. The van der Waals surface area contributed by atoms with Crippen LogP contribution in [0.2, 0.25) is 0 Å². The van der Waals surface area contributed by atoms with Crippen LogP contribution in [0.15, 0.2) is 4.47 Å². The van der Waals surface area contributed by atoms with Gasteiger partial charge in [0.05, 0.1) is 29.0 Å². The maximum atomic E-state index is 12.1. The van der Waals surface area contributed by atoms with E-state index in [2.05, 4.69) is 28.0 Å². The van der Waals surface area contributed by atoms with Gasteiger partial charge in [0.15, 0.2) is 0 Å². The van der Waals surface area contributed by atoms with Crippen LogP contribution in [-0.4, -0.2) is 32.9 Å².